The Morgan fingerprint density at radius 1 is 1.16 bits per heavy atom. The van der Waals surface area contributed by atoms with E-state index in [1.807, 2.05) is 49.4 Å². The number of aromatic nitrogens is 1. The first-order valence-electron chi connectivity index (χ1n) is 10.7. The van der Waals surface area contributed by atoms with Crippen LogP contribution in [0, 0.1) is 0 Å². The molecule has 0 saturated heterocycles. The third-order valence-electron chi connectivity index (χ3n) is 4.76. The van der Waals surface area contributed by atoms with Crippen LogP contribution in [0.3, 0.4) is 0 Å². The molecule has 2 amide bonds. The quantitative estimate of drug-likeness (QED) is 0.447. The second-order valence-corrected chi connectivity index (χ2v) is 7.31. The molecule has 8 heteroatoms. The lowest BCUT2D eigenvalue weighted by Gasteiger charge is -2.22. The Morgan fingerprint density at radius 3 is 2.61 bits per heavy atom. The van der Waals surface area contributed by atoms with Crippen molar-refractivity contribution in [3.8, 4) is 5.75 Å². The largest absolute Gasteiger partial charge is 0.487 e. The van der Waals surface area contributed by atoms with Crippen LogP contribution in [0.5, 0.6) is 5.75 Å². The summed E-state index contributed by atoms with van der Waals surface area (Å²) in [7, 11) is 0. The average molecular weight is 428 g/mol. The van der Waals surface area contributed by atoms with Gasteiger partial charge in [0, 0.05) is 38.7 Å². The van der Waals surface area contributed by atoms with Gasteiger partial charge in [0.1, 0.15) is 17.7 Å². The van der Waals surface area contributed by atoms with Crippen molar-refractivity contribution < 1.29 is 14.3 Å². The number of ether oxygens (including phenoxy) is 1. The van der Waals surface area contributed by atoms with E-state index >= 15 is 0 Å². The zero-order chi connectivity index (χ0) is 22.5. The number of nitrogens with two attached hydrogens (primary N) is 2. The van der Waals surface area contributed by atoms with Crippen molar-refractivity contribution in [2.75, 3.05) is 31.9 Å². The van der Waals surface area contributed by atoms with Crippen LogP contribution in [0.1, 0.15) is 31.7 Å². The zero-order valence-corrected chi connectivity index (χ0v) is 18.1. The average Bonchev–Trinajstić information content (AvgIpc) is 2.78. The van der Waals surface area contributed by atoms with Crippen molar-refractivity contribution in [3.05, 3.63) is 54.2 Å². The third kappa shape index (κ3) is 9.04. The number of rotatable bonds is 13. The molecule has 1 aromatic heterocycles. The van der Waals surface area contributed by atoms with Crippen LogP contribution in [-0.4, -0.2) is 54.0 Å². The molecule has 2 aromatic rings. The van der Waals surface area contributed by atoms with Gasteiger partial charge >= 0.3 is 0 Å². The summed E-state index contributed by atoms with van der Waals surface area (Å²) in [5.41, 5.74) is 12.5. The van der Waals surface area contributed by atoms with Gasteiger partial charge in [-0.3, -0.25) is 9.59 Å². The topological polar surface area (TPSA) is 124 Å². The number of hydrogen-bond donors (Lipinski definition) is 3. The molecule has 0 aliphatic carbocycles. The lowest BCUT2D eigenvalue weighted by Crippen LogP contribution is -2.40. The Labute approximate surface area is 184 Å². The van der Waals surface area contributed by atoms with E-state index in [2.05, 4.69) is 10.3 Å². The summed E-state index contributed by atoms with van der Waals surface area (Å²) in [4.78, 5) is 30.6. The molecular formula is C23H33N5O3. The highest BCUT2D eigenvalue weighted by Crippen LogP contribution is 2.10. The minimum atomic E-state index is -0.327. The van der Waals surface area contributed by atoms with Gasteiger partial charge in [-0.1, -0.05) is 25.1 Å². The molecular weight excluding hydrogens is 394 g/mol. The van der Waals surface area contributed by atoms with Crippen LogP contribution >= 0.6 is 0 Å². The van der Waals surface area contributed by atoms with Gasteiger partial charge in [-0.2, -0.15) is 0 Å². The monoisotopic (exact) mass is 427 g/mol. The van der Waals surface area contributed by atoms with E-state index in [9.17, 15) is 9.59 Å². The summed E-state index contributed by atoms with van der Waals surface area (Å²) in [6, 6.07) is 13.0. The highest BCUT2D eigenvalue weighted by molar-refractivity contribution is 5.83. The molecule has 0 saturated carbocycles. The molecule has 0 radical (unpaired) electrons. The van der Waals surface area contributed by atoms with E-state index in [0.29, 0.717) is 37.6 Å². The molecule has 0 aliphatic heterocycles. The second kappa shape index (κ2) is 13.2. The molecule has 1 aromatic carbocycles. The minimum Gasteiger partial charge on any atom is -0.487 e. The highest BCUT2D eigenvalue weighted by Gasteiger charge is 2.16. The number of nitrogens with one attached hydrogen (secondary N) is 1. The first-order chi connectivity index (χ1) is 15.0. The van der Waals surface area contributed by atoms with Gasteiger partial charge in [0.2, 0.25) is 11.8 Å². The molecule has 0 aliphatic rings. The number of anilines is 1. The van der Waals surface area contributed by atoms with Crippen LogP contribution in [-0.2, 0) is 16.0 Å². The first-order valence-corrected chi connectivity index (χ1v) is 10.7. The van der Waals surface area contributed by atoms with Gasteiger partial charge in [-0.05, 0) is 42.7 Å². The van der Waals surface area contributed by atoms with Crippen molar-refractivity contribution >= 4 is 17.6 Å². The van der Waals surface area contributed by atoms with Crippen LogP contribution < -0.4 is 21.5 Å². The fourth-order valence-corrected chi connectivity index (χ4v) is 3.10. The van der Waals surface area contributed by atoms with Crippen LogP contribution in [0.25, 0.3) is 0 Å². The molecule has 8 nitrogen and oxygen atoms in total. The van der Waals surface area contributed by atoms with Gasteiger partial charge in [0.25, 0.3) is 0 Å². The minimum absolute atomic E-state index is 0.0325. The summed E-state index contributed by atoms with van der Waals surface area (Å²) in [6.07, 6.45) is 3.18. The van der Waals surface area contributed by atoms with Crippen molar-refractivity contribution in [2.24, 2.45) is 5.73 Å². The second-order valence-electron chi connectivity index (χ2n) is 7.31. The van der Waals surface area contributed by atoms with Gasteiger partial charge < -0.3 is 26.4 Å². The molecule has 31 heavy (non-hydrogen) atoms. The van der Waals surface area contributed by atoms with E-state index in [1.54, 1.807) is 11.1 Å². The maximum Gasteiger partial charge on any atom is 0.223 e. The normalized spacial score (nSPS) is 11.5. The number of pyridine rings is 1. The number of nitrogens with zero attached hydrogens (tertiary/aromatic N) is 2. The predicted octanol–water partition coefficient (Wildman–Crippen LogP) is 1.75. The van der Waals surface area contributed by atoms with E-state index in [-0.39, 0.29) is 37.3 Å². The molecule has 0 spiro atoms. The zero-order valence-electron chi connectivity index (χ0n) is 18.1. The summed E-state index contributed by atoms with van der Waals surface area (Å²) in [6.45, 7) is 3.83. The van der Waals surface area contributed by atoms with E-state index in [0.717, 1.165) is 12.0 Å². The number of para-hydroxylation sites is 1. The van der Waals surface area contributed by atoms with Crippen LogP contribution in [0.4, 0.5) is 5.82 Å². The number of amides is 2. The van der Waals surface area contributed by atoms with Crippen molar-refractivity contribution in [2.45, 2.75) is 38.7 Å². The number of carbonyl (C=O) groups is 2. The Hall–Kier alpha value is -3.13. The maximum atomic E-state index is 12.6. The van der Waals surface area contributed by atoms with Crippen molar-refractivity contribution in [3.63, 3.8) is 0 Å². The summed E-state index contributed by atoms with van der Waals surface area (Å²) < 4.78 is 5.76. The molecule has 1 atom stereocenters. The van der Waals surface area contributed by atoms with Gasteiger partial charge in [0.15, 0.2) is 0 Å². The predicted molar refractivity (Wildman–Crippen MR) is 121 cm³/mol. The Bertz CT molecular complexity index is 816. The number of hydrogen-bond acceptors (Lipinski definition) is 6. The Morgan fingerprint density at radius 2 is 1.94 bits per heavy atom. The first kappa shape index (κ1) is 24.1. The fourth-order valence-electron chi connectivity index (χ4n) is 3.10. The summed E-state index contributed by atoms with van der Waals surface area (Å²) in [5, 5.41) is 2.81. The van der Waals surface area contributed by atoms with Gasteiger partial charge in [0.05, 0.1) is 6.54 Å². The van der Waals surface area contributed by atoms with Crippen LogP contribution in [0.15, 0.2) is 48.7 Å². The number of carbonyl (C=O) groups excluding carboxylic acids is 2. The number of nitrogen functional groups attached to an aromatic ring is 1. The molecule has 0 fully saturated rings. The highest BCUT2D eigenvalue weighted by atomic mass is 16.5. The fraction of sp³-hybridized carbons (Fsp3) is 0.435. The Kier molecular flexibility index (Phi) is 10.3. The van der Waals surface area contributed by atoms with Crippen molar-refractivity contribution in [1.82, 2.24) is 15.2 Å². The molecule has 2 rings (SSSR count). The molecule has 0 bridgehead atoms. The molecule has 1 unspecified atom stereocenters. The van der Waals surface area contributed by atoms with Crippen molar-refractivity contribution in [1.29, 1.82) is 0 Å². The summed E-state index contributed by atoms with van der Waals surface area (Å²) in [5.74, 6) is 0.944. The molecule has 168 valence electrons. The van der Waals surface area contributed by atoms with Crippen LogP contribution in [0.2, 0.25) is 0 Å². The smallest absolute Gasteiger partial charge is 0.223 e. The third-order valence-corrected chi connectivity index (χ3v) is 4.76. The molecule has 5 N–H and O–H groups in total. The Balaban J connectivity index is 1.75. The maximum absolute atomic E-state index is 12.6. The van der Waals surface area contributed by atoms with E-state index < -0.39 is 0 Å². The number of benzene rings is 1. The summed E-state index contributed by atoms with van der Waals surface area (Å²) >= 11 is 0. The lowest BCUT2D eigenvalue weighted by atomic mass is 10.1. The standard InChI is InChI=1S/C23H33N5O3/c1-2-13-28(14-11-18-10-12-26-21(25)15-18)23(30)9-8-22(29)27-17-20(16-24)31-19-6-4-3-5-7-19/h3-7,10,12,15,20H,2,8-9,11,13-14,16-17,24H2,1H3,(H2,25,26)(H,27,29). The van der Waals surface area contributed by atoms with Gasteiger partial charge in [-0.15, -0.1) is 0 Å². The lowest BCUT2D eigenvalue weighted by molar-refractivity contribution is -0.133. The van der Waals surface area contributed by atoms with E-state index in [4.69, 9.17) is 16.2 Å². The molecule has 1 heterocycles. The SMILES string of the molecule is CCCN(CCc1ccnc(N)c1)C(=O)CCC(=O)NCC(CN)Oc1ccccc1. The van der Waals surface area contributed by atoms with Gasteiger partial charge in [-0.25, -0.2) is 4.98 Å². The van der Waals surface area contributed by atoms with E-state index in [1.165, 1.54) is 0 Å².